The molecule has 1 saturated carbocycles. The van der Waals surface area contributed by atoms with E-state index in [-0.39, 0.29) is 17.9 Å². The van der Waals surface area contributed by atoms with E-state index in [9.17, 15) is 18.0 Å². The minimum atomic E-state index is -4.35. The molecule has 0 saturated heterocycles. The molecule has 1 aliphatic carbocycles. The third-order valence-corrected chi connectivity index (χ3v) is 2.78. The lowest BCUT2D eigenvalue weighted by Crippen LogP contribution is -2.38. The van der Waals surface area contributed by atoms with Crippen LogP contribution in [0.5, 0.6) is 0 Å². The van der Waals surface area contributed by atoms with Crippen molar-refractivity contribution in [2.45, 2.75) is 44.8 Å². The molecule has 18 heavy (non-hydrogen) atoms. The first-order chi connectivity index (χ1) is 8.42. The van der Waals surface area contributed by atoms with Gasteiger partial charge in [0.15, 0.2) is 6.61 Å². The first kappa shape index (κ1) is 15.2. The van der Waals surface area contributed by atoms with Crippen molar-refractivity contribution in [3.63, 3.8) is 0 Å². The summed E-state index contributed by atoms with van der Waals surface area (Å²) in [5, 5.41) is 0. The van der Waals surface area contributed by atoms with E-state index in [4.69, 9.17) is 4.74 Å². The number of nitrogens with one attached hydrogen (secondary N) is 1. The Kier molecular flexibility index (Phi) is 5.87. The molecular weight excluding hydrogens is 251 g/mol. The number of hydroxylamine groups is 1. The van der Waals surface area contributed by atoms with E-state index in [1.54, 1.807) is 6.92 Å². The van der Waals surface area contributed by atoms with E-state index in [2.05, 4.69) is 10.3 Å². The van der Waals surface area contributed by atoms with Gasteiger partial charge in [0.1, 0.15) is 0 Å². The molecule has 2 unspecified atom stereocenters. The average Bonchev–Trinajstić information content (AvgIpc) is 2.28. The molecule has 0 radical (unpaired) electrons. The summed E-state index contributed by atoms with van der Waals surface area (Å²) in [6, 6.07) is -0.226. The highest BCUT2D eigenvalue weighted by molar-refractivity contribution is 5.72. The molecule has 0 aromatic rings. The van der Waals surface area contributed by atoms with E-state index in [0.717, 1.165) is 12.8 Å². The fourth-order valence-electron chi connectivity index (χ4n) is 2.01. The molecule has 7 heteroatoms. The number of carbonyl (C=O) groups is 1. The molecule has 1 aliphatic rings. The predicted octanol–water partition coefficient (Wildman–Crippen LogP) is 2.19. The van der Waals surface area contributed by atoms with Crippen molar-refractivity contribution in [1.82, 2.24) is 5.48 Å². The van der Waals surface area contributed by atoms with Gasteiger partial charge in [-0.15, -0.1) is 0 Å². The Labute approximate surface area is 104 Å². The Balaban J connectivity index is 2.28. The van der Waals surface area contributed by atoms with Gasteiger partial charge in [0.25, 0.3) is 0 Å². The number of esters is 1. The SMILES string of the molecule is CCOC(=O)C1CCCC(NOCC(F)(F)F)C1. The van der Waals surface area contributed by atoms with Crippen LogP contribution in [0.25, 0.3) is 0 Å². The van der Waals surface area contributed by atoms with E-state index in [0.29, 0.717) is 19.4 Å². The zero-order valence-electron chi connectivity index (χ0n) is 10.3. The smallest absolute Gasteiger partial charge is 0.413 e. The number of hydrogen-bond donors (Lipinski definition) is 1. The Hall–Kier alpha value is -0.820. The number of ether oxygens (including phenoxy) is 1. The van der Waals surface area contributed by atoms with Gasteiger partial charge in [-0.2, -0.15) is 18.7 Å². The van der Waals surface area contributed by atoms with E-state index in [1.165, 1.54) is 0 Å². The van der Waals surface area contributed by atoms with Crippen LogP contribution in [-0.4, -0.2) is 31.4 Å². The summed E-state index contributed by atoms with van der Waals surface area (Å²) in [6.07, 6.45) is -1.69. The molecule has 1 rings (SSSR count). The van der Waals surface area contributed by atoms with Gasteiger partial charge in [-0.25, -0.2) is 0 Å². The highest BCUT2D eigenvalue weighted by atomic mass is 19.4. The predicted molar refractivity (Wildman–Crippen MR) is 57.5 cm³/mol. The zero-order valence-corrected chi connectivity index (χ0v) is 10.3. The van der Waals surface area contributed by atoms with Crippen molar-refractivity contribution in [3.8, 4) is 0 Å². The fraction of sp³-hybridized carbons (Fsp3) is 0.909. The monoisotopic (exact) mass is 269 g/mol. The average molecular weight is 269 g/mol. The third kappa shape index (κ3) is 5.68. The molecule has 0 aromatic carbocycles. The molecule has 2 atom stereocenters. The van der Waals surface area contributed by atoms with Crippen LogP contribution in [0.2, 0.25) is 0 Å². The van der Waals surface area contributed by atoms with Crippen molar-refractivity contribution >= 4 is 5.97 Å². The second-order valence-corrected chi connectivity index (χ2v) is 4.33. The fourth-order valence-corrected chi connectivity index (χ4v) is 2.01. The second kappa shape index (κ2) is 6.94. The van der Waals surface area contributed by atoms with Gasteiger partial charge in [-0.05, 0) is 26.2 Å². The van der Waals surface area contributed by atoms with Crippen LogP contribution in [0.3, 0.4) is 0 Å². The maximum atomic E-state index is 11.9. The number of rotatable bonds is 5. The summed E-state index contributed by atoms with van der Waals surface area (Å²) in [4.78, 5) is 15.9. The van der Waals surface area contributed by atoms with Crippen molar-refractivity contribution in [3.05, 3.63) is 0 Å². The van der Waals surface area contributed by atoms with Crippen molar-refractivity contribution in [2.75, 3.05) is 13.2 Å². The maximum Gasteiger partial charge on any atom is 0.413 e. The molecule has 1 N–H and O–H groups in total. The Morgan fingerprint density at radius 2 is 2.11 bits per heavy atom. The van der Waals surface area contributed by atoms with E-state index < -0.39 is 12.8 Å². The molecule has 1 fully saturated rings. The third-order valence-electron chi connectivity index (χ3n) is 2.78. The van der Waals surface area contributed by atoms with Crippen LogP contribution in [0, 0.1) is 5.92 Å². The zero-order chi connectivity index (χ0) is 13.6. The lowest BCUT2D eigenvalue weighted by atomic mass is 9.86. The van der Waals surface area contributed by atoms with Gasteiger partial charge >= 0.3 is 12.1 Å². The summed E-state index contributed by atoms with van der Waals surface area (Å²) in [6.45, 7) is 0.717. The standard InChI is InChI=1S/C11H18F3NO3/c1-2-17-10(16)8-4-3-5-9(6-8)15-18-7-11(12,13)14/h8-9,15H,2-7H2,1H3. The van der Waals surface area contributed by atoms with E-state index >= 15 is 0 Å². The molecule has 0 bridgehead atoms. The summed E-state index contributed by atoms with van der Waals surface area (Å²) < 4.78 is 40.5. The molecule has 0 aromatic heterocycles. The molecule has 0 aliphatic heterocycles. The number of hydrogen-bond acceptors (Lipinski definition) is 4. The topological polar surface area (TPSA) is 47.6 Å². The minimum absolute atomic E-state index is 0.226. The van der Waals surface area contributed by atoms with Crippen molar-refractivity contribution in [1.29, 1.82) is 0 Å². The van der Waals surface area contributed by atoms with Crippen LogP contribution < -0.4 is 5.48 Å². The second-order valence-electron chi connectivity index (χ2n) is 4.33. The maximum absolute atomic E-state index is 11.9. The normalized spacial score (nSPS) is 24.9. The quantitative estimate of drug-likeness (QED) is 0.614. The highest BCUT2D eigenvalue weighted by Crippen LogP contribution is 2.25. The van der Waals surface area contributed by atoms with Crippen molar-refractivity contribution < 1.29 is 27.5 Å². The molecular formula is C11H18F3NO3. The lowest BCUT2D eigenvalue weighted by Gasteiger charge is -2.28. The number of halogens is 3. The van der Waals surface area contributed by atoms with Gasteiger partial charge in [0.2, 0.25) is 0 Å². The van der Waals surface area contributed by atoms with E-state index in [1.807, 2.05) is 0 Å². The molecule has 0 spiro atoms. The van der Waals surface area contributed by atoms with Gasteiger partial charge in [0.05, 0.1) is 12.5 Å². The molecule has 0 amide bonds. The van der Waals surface area contributed by atoms with Gasteiger partial charge in [0, 0.05) is 6.04 Å². The molecule has 0 heterocycles. The van der Waals surface area contributed by atoms with Crippen LogP contribution in [0.4, 0.5) is 13.2 Å². The van der Waals surface area contributed by atoms with Gasteiger partial charge in [-0.1, -0.05) is 6.42 Å². The Bertz CT molecular complexity index is 271. The van der Waals surface area contributed by atoms with Gasteiger partial charge in [-0.3, -0.25) is 9.63 Å². The summed E-state index contributed by atoms with van der Waals surface area (Å²) in [7, 11) is 0. The Morgan fingerprint density at radius 1 is 1.39 bits per heavy atom. The summed E-state index contributed by atoms with van der Waals surface area (Å²) >= 11 is 0. The van der Waals surface area contributed by atoms with Crippen molar-refractivity contribution in [2.24, 2.45) is 5.92 Å². The molecule has 106 valence electrons. The summed E-state index contributed by atoms with van der Waals surface area (Å²) in [5.74, 6) is -0.523. The first-order valence-corrected chi connectivity index (χ1v) is 6.03. The lowest BCUT2D eigenvalue weighted by molar-refractivity contribution is -0.194. The van der Waals surface area contributed by atoms with Gasteiger partial charge < -0.3 is 4.74 Å². The highest BCUT2D eigenvalue weighted by Gasteiger charge is 2.31. The van der Waals surface area contributed by atoms with Crippen LogP contribution >= 0.6 is 0 Å². The first-order valence-electron chi connectivity index (χ1n) is 6.03. The Morgan fingerprint density at radius 3 is 2.72 bits per heavy atom. The largest absolute Gasteiger partial charge is 0.466 e. The minimum Gasteiger partial charge on any atom is -0.466 e. The van der Waals surface area contributed by atoms with Crippen LogP contribution in [-0.2, 0) is 14.4 Å². The van der Waals surface area contributed by atoms with Crippen LogP contribution in [0.1, 0.15) is 32.6 Å². The number of carbonyl (C=O) groups excluding carboxylic acids is 1. The number of alkyl halides is 3. The summed E-state index contributed by atoms with van der Waals surface area (Å²) in [5.41, 5.74) is 2.38. The van der Waals surface area contributed by atoms with Crippen LogP contribution in [0.15, 0.2) is 0 Å². The molecule has 4 nitrogen and oxygen atoms in total.